The third-order valence-corrected chi connectivity index (χ3v) is 7.14. The van der Waals surface area contributed by atoms with Gasteiger partial charge in [0.1, 0.15) is 5.69 Å². The minimum absolute atomic E-state index is 0.101. The number of likely N-dealkylation sites (tertiary alicyclic amines) is 1. The van der Waals surface area contributed by atoms with Crippen molar-refractivity contribution in [1.82, 2.24) is 25.4 Å². The van der Waals surface area contributed by atoms with Gasteiger partial charge in [-0.25, -0.2) is 8.42 Å². The molecule has 2 aromatic rings. The van der Waals surface area contributed by atoms with Crippen LogP contribution in [-0.2, 0) is 9.84 Å². The monoisotopic (exact) mass is 363 g/mol. The number of nitrogens with zero attached hydrogens (tertiary/aromatic N) is 2. The number of carbonyl (C=O) groups excluding carboxylic acids is 2. The van der Waals surface area contributed by atoms with Gasteiger partial charge < -0.3 is 15.2 Å². The number of carbonyl (C=O) groups is 2. The van der Waals surface area contributed by atoms with Crippen LogP contribution in [0.4, 0.5) is 0 Å². The van der Waals surface area contributed by atoms with Gasteiger partial charge in [0, 0.05) is 37.4 Å². The molecule has 2 amide bonds. The second-order valence-electron chi connectivity index (χ2n) is 6.39. The summed E-state index contributed by atoms with van der Waals surface area (Å²) in [5, 5.41) is 8.41. The molecule has 3 N–H and O–H groups in total. The van der Waals surface area contributed by atoms with E-state index >= 15 is 0 Å². The smallest absolute Gasteiger partial charge is 0.270 e. The van der Waals surface area contributed by atoms with Gasteiger partial charge in [0.2, 0.25) is 0 Å². The van der Waals surface area contributed by atoms with Crippen molar-refractivity contribution in [2.45, 2.75) is 11.3 Å². The van der Waals surface area contributed by atoms with Crippen molar-refractivity contribution in [3.05, 3.63) is 42.0 Å². The Hall–Kier alpha value is -2.62. The molecule has 3 atom stereocenters. The number of aromatic amines is 2. The van der Waals surface area contributed by atoms with E-state index in [2.05, 4.69) is 20.5 Å². The lowest BCUT2D eigenvalue weighted by Gasteiger charge is -2.20. The Kier molecular flexibility index (Phi) is 3.64. The van der Waals surface area contributed by atoms with Gasteiger partial charge in [-0.3, -0.25) is 14.7 Å². The molecule has 9 nitrogen and oxygen atoms in total. The number of hydrogen-bond donors (Lipinski definition) is 3. The highest BCUT2D eigenvalue weighted by atomic mass is 32.2. The minimum atomic E-state index is -3.36. The van der Waals surface area contributed by atoms with Crippen LogP contribution in [0.2, 0.25) is 0 Å². The maximum Gasteiger partial charge on any atom is 0.270 e. The van der Waals surface area contributed by atoms with Crippen LogP contribution in [0.15, 0.2) is 30.7 Å². The highest BCUT2D eigenvalue weighted by Crippen LogP contribution is 2.34. The van der Waals surface area contributed by atoms with Gasteiger partial charge in [-0.1, -0.05) is 0 Å². The molecule has 132 valence electrons. The SMILES string of the molecule is O=C(N[C@@H]1CS(=O)(=O)[C@H]2CN(C(=O)c3ccc[nH]3)C[C@@H]12)c1cn[nH]c1. The quantitative estimate of drug-likeness (QED) is 0.671. The summed E-state index contributed by atoms with van der Waals surface area (Å²) in [4.78, 5) is 29.1. The fraction of sp³-hybridized carbons (Fsp3) is 0.400. The fourth-order valence-electron chi connectivity index (χ4n) is 3.64. The number of nitrogens with one attached hydrogen (secondary N) is 3. The van der Waals surface area contributed by atoms with Crippen LogP contribution in [0.5, 0.6) is 0 Å². The van der Waals surface area contributed by atoms with Gasteiger partial charge in [-0.2, -0.15) is 5.10 Å². The van der Waals surface area contributed by atoms with E-state index in [1.165, 1.54) is 17.3 Å². The molecular formula is C15H17N5O4S. The van der Waals surface area contributed by atoms with E-state index in [0.29, 0.717) is 17.8 Å². The second-order valence-corrected chi connectivity index (χ2v) is 8.66. The molecule has 2 aliphatic heterocycles. The van der Waals surface area contributed by atoms with Crippen molar-refractivity contribution in [1.29, 1.82) is 0 Å². The number of H-pyrrole nitrogens is 2. The van der Waals surface area contributed by atoms with Crippen LogP contribution >= 0.6 is 0 Å². The number of amides is 2. The van der Waals surface area contributed by atoms with Crippen molar-refractivity contribution >= 4 is 21.7 Å². The Morgan fingerprint density at radius 3 is 2.84 bits per heavy atom. The van der Waals surface area contributed by atoms with E-state index in [0.717, 1.165) is 0 Å². The molecular weight excluding hydrogens is 346 g/mol. The zero-order valence-electron chi connectivity index (χ0n) is 13.2. The van der Waals surface area contributed by atoms with Crippen LogP contribution in [-0.4, -0.2) is 70.4 Å². The summed E-state index contributed by atoms with van der Waals surface area (Å²) in [6, 6.07) is 2.86. The molecule has 4 heterocycles. The Labute approximate surface area is 143 Å². The summed E-state index contributed by atoms with van der Waals surface area (Å²) in [6.45, 7) is 0.459. The molecule has 2 fully saturated rings. The first-order valence-corrected chi connectivity index (χ1v) is 9.61. The molecule has 4 rings (SSSR count). The van der Waals surface area contributed by atoms with Crippen molar-refractivity contribution in [2.24, 2.45) is 5.92 Å². The largest absolute Gasteiger partial charge is 0.357 e. The summed E-state index contributed by atoms with van der Waals surface area (Å²) in [6.07, 6.45) is 4.48. The lowest BCUT2D eigenvalue weighted by Crippen LogP contribution is -2.42. The molecule has 2 aliphatic rings. The first-order valence-electron chi connectivity index (χ1n) is 7.89. The summed E-state index contributed by atoms with van der Waals surface area (Å²) in [7, 11) is -3.36. The highest BCUT2D eigenvalue weighted by molar-refractivity contribution is 7.92. The van der Waals surface area contributed by atoms with Gasteiger partial charge in [0.15, 0.2) is 9.84 Å². The highest BCUT2D eigenvalue weighted by Gasteiger charge is 2.53. The van der Waals surface area contributed by atoms with Crippen molar-refractivity contribution in [3.63, 3.8) is 0 Å². The fourth-order valence-corrected chi connectivity index (χ4v) is 5.93. The number of fused-ring (bicyclic) bond motifs is 1. The Bertz CT molecular complexity index is 891. The molecule has 0 aromatic carbocycles. The normalized spacial score (nSPS) is 27.2. The molecule has 0 radical (unpaired) electrons. The van der Waals surface area contributed by atoms with E-state index in [4.69, 9.17) is 0 Å². The summed E-state index contributed by atoms with van der Waals surface area (Å²) >= 11 is 0. The minimum Gasteiger partial charge on any atom is -0.357 e. The molecule has 0 aliphatic carbocycles. The maximum atomic E-state index is 12.5. The van der Waals surface area contributed by atoms with Crippen LogP contribution in [0.25, 0.3) is 0 Å². The molecule has 0 bridgehead atoms. The number of hydrogen-bond acceptors (Lipinski definition) is 5. The van der Waals surface area contributed by atoms with E-state index < -0.39 is 21.1 Å². The molecule has 0 unspecified atom stereocenters. The molecule has 2 aromatic heterocycles. The molecule has 25 heavy (non-hydrogen) atoms. The van der Waals surface area contributed by atoms with Gasteiger partial charge >= 0.3 is 0 Å². The lowest BCUT2D eigenvalue weighted by molar-refractivity contribution is 0.0779. The van der Waals surface area contributed by atoms with Gasteiger partial charge in [-0.05, 0) is 12.1 Å². The Morgan fingerprint density at radius 2 is 2.16 bits per heavy atom. The van der Waals surface area contributed by atoms with Crippen LogP contribution in [0, 0.1) is 5.92 Å². The standard InChI is InChI=1S/C15H17N5O4S/c21-14(9-4-17-18-5-9)19-12-8-25(23,24)13-7-20(6-10(12)13)15(22)11-2-1-3-16-11/h1-5,10,12-13,16H,6-8H2,(H,17,18)(H,19,21)/t10-,12+,13-/m0/s1. The maximum absolute atomic E-state index is 12.5. The van der Waals surface area contributed by atoms with E-state index in [9.17, 15) is 18.0 Å². The second kappa shape index (κ2) is 5.73. The zero-order valence-corrected chi connectivity index (χ0v) is 14.0. The van der Waals surface area contributed by atoms with E-state index in [1.54, 1.807) is 18.3 Å². The first-order chi connectivity index (χ1) is 12.0. The van der Waals surface area contributed by atoms with Crippen molar-refractivity contribution < 1.29 is 18.0 Å². The Balaban J connectivity index is 1.52. The molecule has 0 saturated carbocycles. The van der Waals surface area contributed by atoms with Gasteiger partial charge in [0.05, 0.1) is 22.8 Å². The van der Waals surface area contributed by atoms with Crippen LogP contribution in [0.3, 0.4) is 0 Å². The summed E-state index contributed by atoms with van der Waals surface area (Å²) < 4.78 is 24.9. The van der Waals surface area contributed by atoms with Gasteiger partial charge in [-0.15, -0.1) is 0 Å². The topological polar surface area (TPSA) is 128 Å². The average Bonchev–Trinajstić information content (AvgIpc) is 3.35. The summed E-state index contributed by atoms with van der Waals surface area (Å²) in [5.41, 5.74) is 0.773. The van der Waals surface area contributed by atoms with Crippen LogP contribution < -0.4 is 5.32 Å². The van der Waals surface area contributed by atoms with Crippen molar-refractivity contribution in [3.8, 4) is 0 Å². The molecule has 10 heteroatoms. The van der Waals surface area contributed by atoms with Crippen LogP contribution in [0.1, 0.15) is 20.8 Å². The third-order valence-electron chi connectivity index (χ3n) is 4.89. The zero-order chi connectivity index (χ0) is 17.6. The number of rotatable bonds is 3. The predicted molar refractivity (Wildman–Crippen MR) is 87.6 cm³/mol. The first kappa shape index (κ1) is 15.9. The third kappa shape index (κ3) is 2.72. The predicted octanol–water partition coefficient (Wildman–Crippen LogP) is -0.595. The number of sulfone groups is 1. The van der Waals surface area contributed by atoms with Gasteiger partial charge in [0.25, 0.3) is 11.8 Å². The van der Waals surface area contributed by atoms with E-state index in [-0.39, 0.29) is 30.0 Å². The van der Waals surface area contributed by atoms with E-state index in [1.807, 2.05) is 0 Å². The lowest BCUT2D eigenvalue weighted by atomic mass is 10.0. The number of aromatic nitrogens is 3. The average molecular weight is 363 g/mol. The molecule has 2 saturated heterocycles. The Morgan fingerprint density at radius 1 is 1.32 bits per heavy atom. The van der Waals surface area contributed by atoms with Crippen molar-refractivity contribution in [2.75, 3.05) is 18.8 Å². The summed E-state index contributed by atoms with van der Waals surface area (Å²) in [5.74, 6) is -1.01. The molecule has 0 spiro atoms.